The lowest BCUT2D eigenvalue weighted by Gasteiger charge is -2.38. The summed E-state index contributed by atoms with van der Waals surface area (Å²) in [5, 5.41) is 11.5. The molecule has 1 spiro atoms. The number of amides is 3. The SMILES string of the molecule is NCCN1C(=O)NC2(CCN(c3cc(Cl)cc4[nH]ncc34)CC2)C1=O. The maximum Gasteiger partial charge on any atom is 0.325 e. The van der Waals surface area contributed by atoms with Crippen LogP contribution >= 0.6 is 11.6 Å². The molecule has 2 aliphatic heterocycles. The molecule has 1 aromatic heterocycles. The molecule has 0 aliphatic carbocycles. The minimum absolute atomic E-state index is 0.165. The van der Waals surface area contributed by atoms with Crippen molar-refractivity contribution in [2.24, 2.45) is 5.73 Å². The number of benzene rings is 1. The molecule has 1 aromatic carbocycles. The monoisotopic (exact) mass is 362 g/mol. The highest BCUT2D eigenvalue weighted by Crippen LogP contribution is 2.35. The minimum Gasteiger partial charge on any atom is -0.371 e. The Morgan fingerprint density at radius 3 is 2.76 bits per heavy atom. The molecule has 0 radical (unpaired) electrons. The summed E-state index contributed by atoms with van der Waals surface area (Å²) in [5.74, 6) is -0.165. The molecule has 4 N–H and O–H groups in total. The van der Waals surface area contributed by atoms with Crippen molar-refractivity contribution in [2.75, 3.05) is 31.1 Å². The number of aromatic nitrogens is 2. The van der Waals surface area contributed by atoms with Crippen LogP contribution in [0.5, 0.6) is 0 Å². The molecule has 0 saturated carbocycles. The first-order chi connectivity index (χ1) is 12.0. The van der Waals surface area contributed by atoms with Crippen LogP contribution < -0.4 is 16.0 Å². The number of anilines is 1. The highest BCUT2D eigenvalue weighted by Gasteiger charge is 2.52. The lowest BCUT2D eigenvalue weighted by molar-refractivity contribution is -0.131. The van der Waals surface area contributed by atoms with Gasteiger partial charge in [0, 0.05) is 42.3 Å². The zero-order chi connectivity index (χ0) is 17.6. The highest BCUT2D eigenvalue weighted by atomic mass is 35.5. The van der Waals surface area contributed by atoms with Crippen LogP contribution in [-0.4, -0.2) is 58.8 Å². The number of H-pyrrole nitrogens is 1. The van der Waals surface area contributed by atoms with Crippen LogP contribution in [0.1, 0.15) is 12.8 Å². The smallest absolute Gasteiger partial charge is 0.325 e. The second kappa shape index (κ2) is 5.89. The fraction of sp³-hybridized carbons (Fsp3) is 0.438. The van der Waals surface area contributed by atoms with Gasteiger partial charge in [0.15, 0.2) is 0 Å². The van der Waals surface area contributed by atoms with E-state index in [2.05, 4.69) is 20.4 Å². The van der Waals surface area contributed by atoms with Gasteiger partial charge in [-0.3, -0.25) is 14.8 Å². The first-order valence-corrected chi connectivity index (χ1v) is 8.64. The molecule has 2 saturated heterocycles. The number of halogens is 1. The Bertz CT molecular complexity index is 842. The van der Waals surface area contributed by atoms with Crippen LogP contribution in [0.2, 0.25) is 5.02 Å². The zero-order valence-corrected chi connectivity index (χ0v) is 14.3. The quantitative estimate of drug-likeness (QED) is 0.708. The Labute approximate surface area is 149 Å². The van der Waals surface area contributed by atoms with Crippen molar-refractivity contribution in [3.63, 3.8) is 0 Å². The first-order valence-electron chi connectivity index (χ1n) is 8.26. The Balaban J connectivity index is 1.56. The van der Waals surface area contributed by atoms with E-state index in [-0.39, 0.29) is 25.0 Å². The molecule has 9 heteroatoms. The Morgan fingerprint density at radius 2 is 2.04 bits per heavy atom. The van der Waals surface area contributed by atoms with Crippen LogP contribution in [0.25, 0.3) is 10.9 Å². The normalized spacial score (nSPS) is 19.9. The summed E-state index contributed by atoms with van der Waals surface area (Å²) < 4.78 is 0. The highest BCUT2D eigenvalue weighted by molar-refractivity contribution is 6.31. The van der Waals surface area contributed by atoms with Crippen molar-refractivity contribution in [3.05, 3.63) is 23.4 Å². The zero-order valence-electron chi connectivity index (χ0n) is 13.6. The van der Waals surface area contributed by atoms with Crippen molar-refractivity contribution in [3.8, 4) is 0 Å². The van der Waals surface area contributed by atoms with Crippen LogP contribution in [0, 0.1) is 0 Å². The molecule has 2 aromatic rings. The van der Waals surface area contributed by atoms with Crippen molar-refractivity contribution < 1.29 is 9.59 Å². The van der Waals surface area contributed by atoms with Gasteiger partial charge in [-0.15, -0.1) is 0 Å². The number of urea groups is 1. The van der Waals surface area contributed by atoms with E-state index in [1.807, 2.05) is 12.1 Å². The number of fused-ring (bicyclic) bond motifs is 1. The fourth-order valence-electron chi connectivity index (χ4n) is 3.74. The topological polar surface area (TPSA) is 107 Å². The van der Waals surface area contributed by atoms with E-state index in [1.165, 1.54) is 4.90 Å². The van der Waals surface area contributed by atoms with Crippen molar-refractivity contribution in [1.29, 1.82) is 0 Å². The molecule has 0 bridgehead atoms. The van der Waals surface area contributed by atoms with Crippen LogP contribution in [0.3, 0.4) is 0 Å². The lowest BCUT2D eigenvalue weighted by atomic mass is 9.87. The standard InChI is InChI=1S/C16H19ClN6O2/c17-10-7-12-11(9-19-21-12)13(8-10)22-4-1-16(2-5-22)14(24)23(6-3-18)15(25)20-16/h7-9H,1-6,18H2,(H,19,21)(H,20,25). The molecule has 8 nitrogen and oxygen atoms in total. The second-order valence-corrected chi connectivity index (χ2v) is 6.94. The van der Waals surface area contributed by atoms with Gasteiger partial charge in [-0.2, -0.15) is 5.10 Å². The summed E-state index contributed by atoms with van der Waals surface area (Å²) in [6, 6.07) is 3.40. The van der Waals surface area contributed by atoms with E-state index in [4.69, 9.17) is 17.3 Å². The third kappa shape index (κ3) is 2.52. The van der Waals surface area contributed by atoms with Gasteiger partial charge in [0.25, 0.3) is 5.91 Å². The van der Waals surface area contributed by atoms with E-state index in [0.717, 1.165) is 16.6 Å². The molecule has 4 rings (SSSR count). The van der Waals surface area contributed by atoms with Gasteiger partial charge < -0.3 is 16.0 Å². The number of aromatic amines is 1. The molecule has 2 fully saturated rings. The number of carbonyl (C=O) groups excluding carboxylic acids is 2. The number of nitrogens with two attached hydrogens (primary N) is 1. The van der Waals surface area contributed by atoms with Crippen LogP contribution in [0.15, 0.2) is 18.3 Å². The van der Waals surface area contributed by atoms with E-state index in [0.29, 0.717) is 31.0 Å². The predicted octanol–water partition coefficient (Wildman–Crippen LogP) is 1.07. The second-order valence-electron chi connectivity index (χ2n) is 6.50. The number of hydrogen-bond acceptors (Lipinski definition) is 5. The number of imide groups is 1. The molecule has 132 valence electrons. The summed E-state index contributed by atoms with van der Waals surface area (Å²) in [6.45, 7) is 1.80. The van der Waals surface area contributed by atoms with Gasteiger partial charge in [0.2, 0.25) is 0 Å². The molecule has 2 aliphatic rings. The van der Waals surface area contributed by atoms with E-state index in [1.54, 1.807) is 6.20 Å². The Kier molecular flexibility index (Phi) is 3.81. The van der Waals surface area contributed by atoms with E-state index in [9.17, 15) is 9.59 Å². The maximum absolute atomic E-state index is 12.7. The summed E-state index contributed by atoms with van der Waals surface area (Å²) in [5.41, 5.74) is 6.56. The largest absolute Gasteiger partial charge is 0.371 e. The fourth-order valence-corrected chi connectivity index (χ4v) is 3.95. The number of piperidine rings is 1. The van der Waals surface area contributed by atoms with Crippen molar-refractivity contribution in [1.82, 2.24) is 20.4 Å². The van der Waals surface area contributed by atoms with Crippen LogP contribution in [-0.2, 0) is 4.79 Å². The number of carbonyl (C=O) groups is 2. The van der Waals surface area contributed by atoms with Gasteiger partial charge >= 0.3 is 6.03 Å². The van der Waals surface area contributed by atoms with Crippen molar-refractivity contribution >= 4 is 40.1 Å². The van der Waals surface area contributed by atoms with Gasteiger partial charge in [-0.1, -0.05) is 11.6 Å². The first kappa shape index (κ1) is 16.2. The van der Waals surface area contributed by atoms with Gasteiger partial charge in [-0.25, -0.2) is 4.79 Å². The molecule has 25 heavy (non-hydrogen) atoms. The molecule has 0 unspecified atom stereocenters. The maximum atomic E-state index is 12.7. The third-order valence-electron chi connectivity index (χ3n) is 5.06. The van der Waals surface area contributed by atoms with E-state index < -0.39 is 5.54 Å². The Hall–Kier alpha value is -2.32. The molecule has 3 heterocycles. The lowest BCUT2D eigenvalue weighted by Crippen LogP contribution is -2.55. The van der Waals surface area contributed by atoms with Crippen LogP contribution in [0.4, 0.5) is 10.5 Å². The molecular formula is C16H19ClN6O2. The van der Waals surface area contributed by atoms with E-state index >= 15 is 0 Å². The average molecular weight is 363 g/mol. The number of hydrogen-bond donors (Lipinski definition) is 3. The molecule has 3 amide bonds. The number of nitrogens with zero attached hydrogens (tertiary/aromatic N) is 3. The summed E-state index contributed by atoms with van der Waals surface area (Å²) in [4.78, 5) is 28.2. The average Bonchev–Trinajstić information content (AvgIpc) is 3.14. The molecular weight excluding hydrogens is 344 g/mol. The van der Waals surface area contributed by atoms with Gasteiger partial charge in [0.05, 0.1) is 11.7 Å². The minimum atomic E-state index is -0.809. The van der Waals surface area contributed by atoms with Gasteiger partial charge in [0.1, 0.15) is 5.54 Å². The summed E-state index contributed by atoms with van der Waals surface area (Å²) in [6.07, 6.45) is 2.87. The van der Waals surface area contributed by atoms with Crippen molar-refractivity contribution in [2.45, 2.75) is 18.4 Å². The summed E-state index contributed by atoms with van der Waals surface area (Å²) in [7, 11) is 0. The van der Waals surface area contributed by atoms with Gasteiger partial charge in [-0.05, 0) is 25.0 Å². The third-order valence-corrected chi connectivity index (χ3v) is 5.28. The Morgan fingerprint density at radius 1 is 1.28 bits per heavy atom. The number of nitrogens with one attached hydrogen (secondary N) is 2. The predicted molar refractivity (Wildman–Crippen MR) is 94.6 cm³/mol. The summed E-state index contributed by atoms with van der Waals surface area (Å²) >= 11 is 6.21. The molecule has 0 atom stereocenters. The number of rotatable bonds is 3.